The fourth-order valence-corrected chi connectivity index (χ4v) is 6.56. The third kappa shape index (κ3) is 8.75. The molecule has 1 rings (SSSR count). The van der Waals surface area contributed by atoms with Crippen molar-refractivity contribution in [1.29, 1.82) is 0 Å². The van der Waals surface area contributed by atoms with Crippen molar-refractivity contribution in [1.82, 2.24) is 10.0 Å². The first-order chi connectivity index (χ1) is 15.9. The maximum Gasteiger partial charge on any atom is 0.396 e. The van der Waals surface area contributed by atoms with Crippen LogP contribution in [0.2, 0.25) is 5.02 Å². The summed E-state index contributed by atoms with van der Waals surface area (Å²) in [5.41, 5.74) is 0.489. The fourth-order valence-electron chi connectivity index (χ4n) is 4.29. The minimum Gasteiger partial charge on any atom is -0.386 e. The molecule has 1 aromatic rings. The van der Waals surface area contributed by atoms with Crippen molar-refractivity contribution in [3.63, 3.8) is 0 Å². The first kappa shape index (κ1) is 30.8. The molecule has 0 aliphatic heterocycles. The molecule has 0 spiro atoms. The Balaban J connectivity index is 3.53. The molecule has 2 unspecified atom stereocenters. The highest BCUT2D eigenvalue weighted by Crippen LogP contribution is 2.29. The van der Waals surface area contributed by atoms with Gasteiger partial charge in [-0.1, -0.05) is 46.2 Å². The highest BCUT2D eigenvalue weighted by atomic mass is 35.5. The van der Waals surface area contributed by atoms with Gasteiger partial charge in [0.25, 0.3) is 0 Å². The minimum atomic E-state index is -4.22. The number of quaternary nitrogens is 1. The van der Waals surface area contributed by atoms with E-state index >= 15 is 0 Å². The Labute approximate surface area is 209 Å². The second-order valence-corrected chi connectivity index (χ2v) is 11.6. The predicted octanol–water partition coefficient (Wildman–Crippen LogP) is 3.79. The summed E-state index contributed by atoms with van der Waals surface area (Å²) in [6.07, 6.45) is 0.948. The molecule has 2 atom stereocenters. The Kier molecular flexibility index (Phi) is 13.0. The molecule has 0 bridgehead atoms. The van der Waals surface area contributed by atoms with Crippen LogP contribution in [0.4, 0.5) is 4.39 Å². The number of hydrogen-bond acceptors (Lipinski definition) is 5. The Morgan fingerprint density at radius 1 is 1.15 bits per heavy atom. The molecule has 34 heavy (non-hydrogen) atoms. The Hall–Kier alpha value is -1.26. The summed E-state index contributed by atoms with van der Waals surface area (Å²) in [5.74, 6) is -0.654. The van der Waals surface area contributed by atoms with Gasteiger partial charge in [-0.2, -0.15) is 12.3 Å². The number of hydrogen-bond donors (Lipinski definition) is 3. The Morgan fingerprint density at radius 2 is 1.76 bits per heavy atom. The summed E-state index contributed by atoms with van der Waals surface area (Å²) in [7, 11) is -4.22. The lowest BCUT2D eigenvalue weighted by atomic mass is 9.98. The fraction of sp³-hybridized carbons (Fsp3) is 0.708. The Bertz CT molecular complexity index is 857. The molecule has 1 amide bonds. The molecular weight excluding hydrogens is 481 g/mol. The lowest BCUT2D eigenvalue weighted by Crippen LogP contribution is -2.68. The van der Waals surface area contributed by atoms with Gasteiger partial charge >= 0.3 is 10.2 Å². The summed E-state index contributed by atoms with van der Waals surface area (Å²) < 4.78 is 43.2. The van der Waals surface area contributed by atoms with Crippen LogP contribution in [-0.4, -0.2) is 61.6 Å². The molecule has 0 saturated heterocycles. The van der Waals surface area contributed by atoms with Crippen LogP contribution < -0.4 is 10.0 Å². The first-order valence-corrected chi connectivity index (χ1v) is 14.0. The molecule has 0 aliphatic carbocycles. The van der Waals surface area contributed by atoms with Crippen molar-refractivity contribution >= 4 is 27.7 Å². The molecule has 0 aromatic heterocycles. The van der Waals surface area contributed by atoms with Crippen molar-refractivity contribution in [2.24, 2.45) is 5.92 Å². The number of halogens is 2. The molecule has 0 saturated carbocycles. The monoisotopic (exact) mass is 522 g/mol. The summed E-state index contributed by atoms with van der Waals surface area (Å²) in [6.45, 7) is 10.7. The van der Waals surface area contributed by atoms with Gasteiger partial charge in [-0.25, -0.2) is 9.11 Å². The van der Waals surface area contributed by atoms with Crippen LogP contribution in [-0.2, 0) is 21.4 Å². The quantitative estimate of drug-likeness (QED) is 0.227. The van der Waals surface area contributed by atoms with E-state index in [1.165, 1.54) is 12.1 Å². The average molecular weight is 523 g/mol. The number of amides is 1. The highest BCUT2D eigenvalue weighted by molar-refractivity contribution is 7.84. The zero-order chi connectivity index (χ0) is 25.9. The van der Waals surface area contributed by atoms with E-state index in [0.717, 1.165) is 6.42 Å². The summed E-state index contributed by atoms with van der Waals surface area (Å²) in [4.78, 5) is 12.2. The van der Waals surface area contributed by atoms with Gasteiger partial charge in [-0.3, -0.25) is 4.79 Å². The van der Waals surface area contributed by atoms with Crippen LogP contribution in [0.25, 0.3) is 0 Å². The number of nitrogens with one attached hydrogen (secondary N) is 2. The normalized spacial score (nSPS) is 14.3. The number of carbonyl (C=O) groups is 1. The van der Waals surface area contributed by atoms with E-state index in [1.54, 1.807) is 13.0 Å². The number of benzene rings is 1. The second kappa shape index (κ2) is 14.3. The molecule has 1 aromatic carbocycles. The second-order valence-electron chi connectivity index (χ2n) is 9.26. The van der Waals surface area contributed by atoms with E-state index in [0.29, 0.717) is 30.9 Å². The standard InChI is InChI=1S/C24H41ClFN3O4S/c1-6-11-29(12-7-2,34(32,33)28-24(31)8-3)22(23(30)17-27-10-9-18(4)5)15-19-13-20(25)16-21(26)14-19/h13-14,16,18,22-23,27,30H,6-12,15,17H2,1-5H3/p+1. The van der Waals surface area contributed by atoms with E-state index < -0.39 is 38.0 Å². The molecule has 7 nitrogen and oxygen atoms in total. The van der Waals surface area contributed by atoms with Gasteiger partial charge in [0.15, 0.2) is 0 Å². The highest BCUT2D eigenvalue weighted by Gasteiger charge is 2.51. The predicted molar refractivity (Wildman–Crippen MR) is 135 cm³/mol. The third-order valence-corrected chi connectivity index (χ3v) is 8.21. The smallest absolute Gasteiger partial charge is 0.386 e. The van der Waals surface area contributed by atoms with E-state index in [2.05, 4.69) is 23.9 Å². The zero-order valence-corrected chi connectivity index (χ0v) is 22.7. The van der Waals surface area contributed by atoms with E-state index in [9.17, 15) is 22.7 Å². The van der Waals surface area contributed by atoms with Crippen LogP contribution in [0.5, 0.6) is 0 Å². The van der Waals surface area contributed by atoms with Gasteiger partial charge < -0.3 is 10.4 Å². The molecule has 0 radical (unpaired) electrons. The molecule has 0 heterocycles. The molecule has 10 heteroatoms. The van der Waals surface area contributed by atoms with Gasteiger partial charge in [0, 0.05) is 24.4 Å². The molecular formula is C24H42ClFN3O4S+. The van der Waals surface area contributed by atoms with Crippen molar-refractivity contribution < 1.29 is 26.6 Å². The summed E-state index contributed by atoms with van der Waals surface area (Å²) in [5, 5.41) is 14.8. The van der Waals surface area contributed by atoms with Crippen LogP contribution in [0, 0.1) is 11.7 Å². The lowest BCUT2D eigenvalue weighted by Gasteiger charge is -2.44. The maximum absolute atomic E-state index is 14.1. The summed E-state index contributed by atoms with van der Waals surface area (Å²) >= 11 is 6.06. The van der Waals surface area contributed by atoms with Crippen molar-refractivity contribution in [2.75, 3.05) is 26.2 Å². The molecule has 196 valence electrons. The number of nitrogens with zero attached hydrogens (tertiary/aromatic N) is 1. The van der Waals surface area contributed by atoms with E-state index in [1.807, 2.05) is 13.8 Å². The van der Waals surface area contributed by atoms with Gasteiger partial charge in [-0.05, 0) is 55.5 Å². The van der Waals surface area contributed by atoms with Crippen molar-refractivity contribution in [3.05, 3.63) is 34.6 Å². The number of aliphatic hydroxyl groups is 1. The number of aliphatic hydroxyl groups excluding tert-OH is 1. The van der Waals surface area contributed by atoms with Gasteiger partial charge in [-0.15, -0.1) is 0 Å². The number of rotatable bonds is 16. The Morgan fingerprint density at radius 3 is 2.26 bits per heavy atom. The topological polar surface area (TPSA) is 95.5 Å². The van der Waals surface area contributed by atoms with Crippen LogP contribution in [0.3, 0.4) is 0 Å². The van der Waals surface area contributed by atoms with Gasteiger partial charge in [0.1, 0.15) is 18.0 Å². The first-order valence-electron chi connectivity index (χ1n) is 12.2. The van der Waals surface area contributed by atoms with Crippen LogP contribution in [0.1, 0.15) is 65.9 Å². The molecule has 0 aliphatic rings. The average Bonchev–Trinajstić information content (AvgIpc) is 2.73. The van der Waals surface area contributed by atoms with Crippen LogP contribution in [0.15, 0.2) is 18.2 Å². The minimum absolute atomic E-state index is 0.0148. The maximum atomic E-state index is 14.1. The lowest BCUT2D eigenvalue weighted by molar-refractivity contribution is -0.838. The summed E-state index contributed by atoms with van der Waals surface area (Å²) in [6, 6.07) is 3.22. The van der Waals surface area contributed by atoms with Gasteiger partial charge in [0.05, 0.1) is 13.1 Å². The molecule has 3 N–H and O–H groups in total. The van der Waals surface area contributed by atoms with Crippen LogP contribution >= 0.6 is 11.6 Å². The van der Waals surface area contributed by atoms with Crippen molar-refractivity contribution in [3.8, 4) is 0 Å². The van der Waals surface area contributed by atoms with Crippen molar-refractivity contribution in [2.45, 2.75) is 78.9 Å². The van der Waals surface area contributed by atoms with Gasteiger partial charge in [0.2, 0.25) is 5.91 Å². The van der Waals surface area contributed by atoms with E-state index in [-0.39, 0.29) is 37.5 Å². The van der Waals surface area contributed by atoms with E-state index in [4.69, 9.17) is 11.6 Å². The largest absolute Gasteiger partial charge is 0.396 e. The molecule has 0 fully saturated rings. The SMILES string of the molecule is CCC[N+](CCC)(C(Cc1cc(F)cc(Cl)c1)C(O)CNCCC(C)C)S(=O)(=O)NC(=O)CC. The number of carbonyl (C=O) groups excluding carboxylic acids is 1. The third-order valence-electron chi connectivity index (χ3n) is 5.91. The zero-order valence-electron chi connectivity index (χ0n) is 21.1.